The van der Waals surface area contributed by atoms with Gasteiger partial charge >= 0.3 is 0 Å². The molecule has 0 bridgehead atoms. The smallest absolute Gasteiger partial charge is 0.238 e. The van der Waals surface area contributed by atoms with Gasteiger partial charge in [-0.15, -0.1) is 0 Å². The molecule has 21 heavy (non-hydrogen) atoms. The number of benzene rings is 1. The Bertz CT molecular complexity index is 513. The Morgan fingerprint density at radius 1 is 1.24 bits per heavy atom. The van der Waals surface area contributed by atoms with Crippen molar-refractivity contribution in [2.75, 3.05) is 20.1 Å². The lowest BCUT2D eigenvalue weighted by atomic mass is 9.96. The Hall–Kier alpha value is -1.39. The van der Waals surface area contributed by atoms with Gasteiger partial charge in [0, 0.05) is 18.6 Å². The van der Waals surface area contributed by atoms with Crippen molar-refractivity contribution in [2.45, 2.75) is 44.9 Å². The van der Waals surface area contributed by atoms with Gasteiger partial charge in [0.1, 0.15) is 6.17 Å². The van der Waals surface area contributed by atoms with Crippen LogP contribution in [0.2, 0.25) is 0 Å². The van der Waals surface area contributed by atoms with Crippen LogP contribution in [0.4, 0.5) is 0 Å². The SMILES string of the molecule is Cc1ccc(C2NCC(=O)N2C2CCN(C)C(C)C2)cc1. The second-order valence-corrected chi connectivity index (χ2v) is 6.50. The van der Waals surface area contributed by atoms with E-state index in [0.29, 0.717) is 18.6 Å². The molecule has 1 aromatic carbocycles. The molecule has 1 aromatic rings. The number of carbonyl (C=O) groups excluding carboxylic acids is 1. The molecule has 3 unspecified atom stereocenters. The van der Waals surface area contributed by atoms with E-state index in [4.69, 9.17) is 0 Å². The fourth-order valence-electron chi connectivity index (χ4n) is 3.48. The molecule has 2 aliphatic heterocycles. The maximum atomic E-state index is 12.4. The molecular weight excluding hydrogens is 262 g/mol. The molecule has 0 aromatic heterocycles. The van der Waals surface area contributed by atoms with E-state index in [9.17, 15) is 4.79 Å². The van der Waals surface area contributed by atoms with Gasteiger partial charge < -0.3 is 9.80 Å². The monoisotopic (exact) mass is 287 g/mol. The van der Waals surface area contributed by atoms with E-state index >= 15 is 0 Å². The summed E-state index contributed by atoms with van der Waals surface area (Å²) in [5.41, 5.74) is 2.44. The summed E-state index contributed by atoms with van der Waals surface area (Å²) in [7, 11) is 2.17. The van der Waals surface area contributed by atoms with Gasteiger partial charge in [0.05, 0.1) is 6.54 Å². The maximum Gasteiger partial charge on any atom is 0.238 e. The Kier molecular flexibility index (Phi) is 4.00. The summed E-state index contributed by atoms with van der Waals surface area (Å²) in [5, 5.41) is 3.38. The first-order valence-corrected chi connectivity index (χ1v) is 7.87. The van der Waals surface area contributed by atoms with Crippen LogP contribution in [-0.2, 0) is 4.79 Å². The lowest BCUT2D eigenvalue weighted by Gasteiger charge is -2.41. The summed E-state index contributed by atoms with van der Waals surface area (Å²) in [4.78, 5) is 16.8. The van der Waals surface area contributed by atoms with Crippen LogP contribution in [0, 0.1) is 6.92 Å². The molecule has 1 N–H and O–H groups in total. The first kappa shape index (κ1) is 14.5. The summed E-state index contributed by atoms with van der Waals surface area (Å²) in [6, 6.07) is 9.40. The highest BCUT2D eigenvalue weighted by Crippen LogP contribution is 2.30. The van der Waals surface area contributed by atoms with Crippen LogP contribution in [0.5, 0.6) is 0 Å². The van der Waals surface area contributed by atoms with Gasteiger partial charge in [-0.2, -0.15) is 0 Å². The van der Waals surface area contributed by atoms with Crippen molar-refractivity contribution >= 4 is 5.91 Å². The largest absolute Gasteiger partial charge is 0.319 e. The zero-order chi connectivity index (χ0) is 15.0. The Morgan fingerprint density at radius 2 is 1.95 bits per heavy atom. The van der Waals surface area contributed by atoms with Crippen LogP contribution in [0.3, 0.4) is 0 Å². The van der Waals surface area contributed by atoms with Crippen molar-refractivity contribution < 1.29 is 4.79 Å². The number of amides is 1. The fourth-order valence-corrected chi connectivity index (χ4v) is 3.48. The van der Waals surface area contributed by atoms with Gasteiger partial charge in [-0.25, -0.2) is 0 Å². The third kappa shape index (κ3) is 2.83. The van der Waals surface area contributed by atoms with E-state index in [0.717, 1.165) is 19.4 Å². The van der Waals surface area contributed by atoms with Crippen molar-refractivity contribution in [3.63, 3.8) is 0 Å². The fraction of sp³-hybridized carbons (Fsp3) is 0.588. The highest BCUT2D eigenvalue weighted by molar-refractivity contribution is 5.81. The predicted octanol–water partition coefficient (Wildman–Crippen LogP) is 1.91. The van der Waals surface area contributed by atoms with Crippen molar-refractivity contribution in [1.82, 2.24) is 15.1 Å². The van der Waals surface area contributed by atoms with Gasteiger partial charge in [-0.3, -0.25) is 10.1 Å². The molecule has 3 rings (SSSR count). The molecule has 0 saturated carbocycles. The van der Waals surface area contributed by atoms with E-state index in [-0.39, 0.29) is 12.1 Å². The average Bonchev–Trinajstić information content (AvgIpc) is 2.85. The molecule has 1 amide bonds. The minimum absolute atomic E-state index is 0.0405. The molecule has 4 heteroatoms. The number of hydrogen-bond acceptors (Lipinski definition) is 3. The standard InChI is InChI=1S/C17H25N3O/c1-12-4-6-14(7-5-12)17-18-11-16(21)20(17)15-8-9-19(3)13(2)10-15/h4-7,13,15,17-18H,8-11H2,1-3H3. The Labute approximate surface area is 127 Å². The second-order valence-electron chi connectivity index (χ2n) is 6.50. The van der Waals surface area contributed by atoms with Crippen LogP contribution >= 0.6 is 0 Å². The van der Waals surface area contributed by atoms with E-state index in [1.165, 1.54) is 11.1 Å². The van der Waals surface area contributed by atoms with Crippen LogP contribution in [0.15, 0.2) is 24.3 Å². The maximum absolute atomic E-state index is 12.4. The third-order valence-electron chi connectivity index (χ3n) is 4.98. The number of carbonyl (C=O) groups is 1. The van der Waals surface area contributed by atoms with Crippen LogP contribution in [-0.4, -0.2) is 47.9 Å². The predicted molar refractivity (Wildman–Crippen MR) is 83.9 cm³/mol. The van der Waals surface area contributed by atoms with Crippen molar-refractivity contribution in [2.24, 2.45) is 0 Å². The quantitative estimate of drug-likeness (QED) is 0.902. The normalized spacial score (nSPS) is 30.9. The molecule has 0 radical (unpaired) electrons. The van der Waals surface area contributed by atoms with Gasteiger partial charge in [-0.1, -0.05) is 29.8 Å². The van der Waals surface area contributed by atoms with Crippen LogP contribution in [0.25, 0.3) is 0 Å². The van der Waals surface area contributed by atoms with Crippen LogP contribution < -0.4 is 5.32 Å². The van der Waals surface area contributed by atoms with Gasteiger partial charge in [0.15, 0.2) is 0 Å². The first-order chi connectivity index (χ1) is 10.1. The summed E-state index contributed by atoms with van der Waals surface area (Å²) in [6.07, 6.45) is 2.17. The molecule has 114 valence electrons. The Balaban J connectivity index is 1.81. The van der Waals surface area contributed by atoms with Gasteiger partial charge in [0.25, 0.3) is 0 Å². The molecule has 0 spiro atoms. The van der Waals surface area contributed by atoms with Gasteiger partial charge in [-0.05, 0) is 39.3 Å². The number of hydrogen-bond donors (Lipinski definition) is 1. The molecule has 2 heterocycles. The van der Waals surface area contributed by atoms with Crippen molar-refractivity contribution in [3.8, 4) is 0 Å². The number of aryl methyl sites for hydroxylation is 1. The average molecular weight is 287 g/mol. The number of nitrogens with zero attached hydrogens (tertiary/aromatic N) is 2. The number of rotatable bonds is 2. The molecular formula is C17H25N3O. The van der Waals surface area contributed by atoms with E-state index in [1.807, 2.05) is 0 Å². The third-order valence-corrected chi connectivity index (χ3v) is 4.98. The molecule has 3 atom stereocenters. The first-order valence-electron chi connectivity index (χ1n) is 7.87. The van der Waals surface area contributed by atoms with Crippen LogP contribution in [0.1, 0.15) is 37.1 Å². The molecule has 0 aliphatic carbocycles. The summed E-state index contributed by atoms with van der Waals surface area (Å²) < 4.78 is 0. The topological polar surface area (TPSA) is 35.6 Å². The van der Waals surface area contributed by atoms with E-state index in [2.05, 4.69) is 60.3 Å². The highest BCUT2D eigenvalue weighted by atomic mass is 16.2. The van der Waals surface area contributed by atoms with Crippen molar-refractivity contribution in [3.05, 3.63) is 35.4 Å². The van der Waals surface area contributed by atoms with Crippen molar-refractivity contribution in [1.29, 1.82) is 0 Å². The lowest BCUT2D eigenvalue weighted by Crippen LogP contribution is -2.49. The zero-order valence-electron chi connectivity index (χ0n) is 13.2. The Morgan fingerprint density at radius 3 is 2.62 bits per heavy atom. The lowest BCUT2D eigenvalue weighted by molar-refractivity contribution is -0.131. The van der Waals surface area contributed by atoms with E-state index in [1.54, 1.807) is 0 Å². The summed E-state index contributed by atoms with van der Waals surface area (Å²) in [6.45, 7) is 5.87. The zero-order valence-corrected chi connectivity index (χ0v) is 13.2. The number of likely N-dealkylation sites (tertiary alicyclic amines) is 1. The van der Waals surface area contributed by atoms with E-state index < -0.39 is 0 Å². The number of piperidine rings is 1. The second kappa shape index (κ2) is 5.78. The minimum Gasteiger partial charge on any atom is -0.319 e. The number of nitrogens with one attached hydrogen (secondary N) is 1. The molecule has 2 aliphatic rings. The van der Waals surface area contributed by atoms with Gasteiger partial charge in [0.2, 0.25) is 5.91 Å². The summed E-state index contributed by atoms with van der Waals surface area (Å²) >= 11 is 0. The molecule has 2 saturated heterocycles. The molecule has 2 fully saturated rings. The molecule has 4 nitrogen and oxygen atoms in total. The summed E-state index contributed by atoms with van der Waals surface area (Å²) in [5.74, 6) is 0.238. The minimum atomic E-state index is 0.0405. The highest BCUT2D eigenvalue weighted by Gasteiger charge is 2.38.